The lowest BCUT2D eigenvalue weighted by atomic mass is 10.0. The van der Waals surface area contributed by atoms with Crippen molar-refractivity contribution < 1.29 is 27.9 Å². The zero-order chi connectivity index (χ0) is 15.8. The van der Waals surface area contributed by atoms with Crippen LogP contribution in [-0.4, -0.2) is 53.2 Å². The van der Waals surface area contributed by atoms with Crippen molar-refractivity contribution in [1.82, 2.24) is 9.80 Å². The summed E-state index contributed by atoms with van der Waals surface area (Å²) >= 11 is 1.38. The maximum Gasteiger partial charge on any atom is 0.406 e. The Kier molecular flexibility index (Phi) is 4.13. The first-order chi connectivity index (χ1) is 9.70. The highest BCUT2D eigenvalue weighted by molar-refractivity contribution is 7.10. The number of rotatable bonds is 2. The van der Waals surface area contributed by atoms with Crippen molar-refractivity contribution in [2.75, 3.05) is 20.1 Å². The molecule has 1 atom stereocenters. The molecule has 116 valence electrons. The summed E-state index contributed by atoms with van der Waals surface area (Å²) in [6.07, 6.45) is -4.07. The molecule has 0 radical (unpaired) electrons. The van der Waals surface area contributed by atoms with Crippen molar-refractivity contribution in [3.05, 3.63) is 21.9 Å². The highest BCUT2D eigenvalue weighted by Crippen LogP contribution is 2.34. The molecule has 1 aliphatic rings. The first-order valence-electron chi connectivity index (χ1n) is 6.08. The average Bonchev–Trinajstić information content (AvgIpc) is 2.82. The highest BCUT2D eigenvalue weighted by atomic mass is 32.1. The van der Waals surface area contributed by atoms with E-state index < -0.39 is 30.8 Å². The number of halogens is 3. The maximum atomic E-state index is 12.4. The Morgan fingerprint density at radius 1 is 1.52 bits per heavy atom. The molecule has 0 saturated heterocycles. The van der Waals surface area contributed by atoms with Crippen LogP contribution in [0.15, 0.2) is 11.4 Å². The van der Waals surface area contributed by atoms with Gasteiger partial charge in [0.2, 0.25) is 0 Å². The maximum absolute atomic E-state index is 12.4. The van der Waals surface area contributed by atoms with Crippen molar-refractivity contribution in [2.24, 2.45) is 0 Å². The number of hydrogen-bond acceptors (Lipinski definition) is 3. The van der Waals surface area contributed by atoms with Crippen LogP contribution in [0, 0.1) is 0 Å². The van der Waals surface area contributed by atoms with E-state index >= 15 is 0 Å². The summed E-state index contributed by atoms with van der Waals surface area (Å²) in [4.78, 5) is 25.8. The minimum absolute atomic E-state index is 0.0888. The average molecular weight is 322 g/mol. The second-order valence-corrected chi connectivity index (χ2v) is 5.74. The molecule has 0 spiro atoms. The van der Waals surface area contributed by atoms with Gasteiger partial charge < -0.3 is 14.9 Å². The van der Waals surface area contributed by atoms with Crippen molar-refractivity contribution >= 4 is 23.3 Å². The van der Waals surface area contributed by atoms with Gasteiger partial charge in [-0.15, -0.1) is 11.3 Å². The molecular formula is C12H13F3N2O3S. The fourth-order valence-corrected chi connectivity index (χ4v) is 3.25. The second-order valence-electron chi connectivity index (χ2n) is 4.74. The summed E-state index contributed by atoms with van der Waals surface area (Å²) in [5.41, 5.74) is 0.479. The van der Waals surface area contributed by atoms with Crippen LogP contribution in [0.2, 0.25) is 0 Å². The van der Waals surface area contributed by atoms with Crippen molar-refractivity contribution in [3.8, 4) is 0 Å². The largest absolute Gasteiger partial charge is 0.479 e. The highest BCUT2D eigenvalue weighted by Gasteiger charge is 2.40. The number of alkyl halides is 3. The van der Waals surface area contributed by atoms with E-state index in [0.29, 0.717) is 16.9 Å². The number of hydrogen-bond donors (Lipinski definition) is 1. The van der Waals surface area contributed by atoms with Crippen molar-refractivity contribution in [1.29, 1.82) is 0 Å². The van der Waals surface area contributed by atoms with Crippen LogP contribution in [0.4, 0.5) is 18.0 Å². The number of fused-ring (bicyclic) bond motifs is 1. The summed E-state index contributed by atoms with van der Waals surface area (Å²) in [5.74, 6) is -1.25. The molecule has 2 heterocycles. The fourth-order valence-electron chi connectivity index (χ4n) is 2.34. The van der Waals surface area contributed by atoms with E-state index in [-0.39, 0.29) is 6.54 Å². The quantitative estimate of drug-likeness (QED) is 0.909. The number of amides is 2. The van der Waals surface area contributed by atoms with Gasteiger partial charge in [0.25, 0.3) is 0 Å². The van der Waals surface area contributed by atoms with E-state index in [0.717, 1.165) is 16.8 Å². The molecule has 1 aromatic heterocycles. The van der Waals surface area contributed by atoms with E-state index in [2.05, 4.69) is 0 Å². The van der Waals surface area contributed by atoms with Crippen molar-refractivity contribution in [2.45, 2.75) is 18.6 Å². The number of carboxylic acid groups (broad SMARTS) is 1. The predicted molar refractivity (Wildman–Crippen MR) is 69.2 cm³/mol. The van der Waals surface area contributed by atoms with Gasteiger partial charge in [0.15, 0.2) is 6.04 Å². The summed E-state index contributed by atoms with van der Waals surface area (Å²) in [5, 5.41) is 11.0. The van der Waals surface area contributed by atoms with Gasteiger partial charge in [0, 0.05) is 18.5 Å². The van der Waals surface area contributed by atoms with Gasteiger partial charge in [0.1, 0.15) is 6.54 Å². The van der Waals surface area contributed by atoms with E-state index in [1.54, 1.807) is 11.4 Å². The van der Waals surface area contributed by atoms with Crippen LogP contribution < -0.4 is 0 Å². The summed E-state index contributed by atoms with van der Waals surface area (Å²) in [6, 6.07) is -0.568. The smallest absolute Gasteiger partial charge is 0.406 e. The third-order valence-corrected chi connectivity index (χ3v) is 4.19. The first kappa shape index (κ1) is 15.6. The van der Waals surface area contributed by atoms with Crippen LogP contribution in [0.5, 0.6) is 0 Å². The molecule has 9 heteroatoms. The Labute approximate surface area is 122 Å². The van der Waals surface area contributed by atoms with Crippen LogP contribution in [0.25, 0.3) is 0 Å². The molecule has 0 aliphatic carbocycles. The first-order valence-corrected chi connectivity index (χ1v) is 6.96. The minimum atomic E-state index is -4.52. The molecule has 2 rings (SSSR count). The van der Waals surface area contributed by atoms with Gasteiger partial charge in [0.05, 0.1) is 0 Å². The molecule has 1 unspecified atom stereocenters. The fraction of sp³-hybridized carbons (Fsp3) is 0.500. The SMILES string of the molecule is CN(CC(F)(F)F)C(=O)N1CCc2sccc2C1C(=O)O. The van der Waals surface area contributed by atoms with E-state index in [1.807, 2.05) is 0 Å². The van der Waals surface area contributed by atoms with Gasteiger partial charge in [-0.05, 0) is 23.4 Å². The Bertz CT molecular complexity index is 558. The summed E-state index contributed by atoms with van der Waals surface area (Å²) < 4.78 is 37.1. The van der Waals surface area contributed by atoms with Gasteiger partial charge in [-0.1, -0.05) is 0 Å². The molecule has 0 bridgehead atoms. The molecule has 0 fully saturated rings. The lowest BCUT2D eigenvalue weighted by Crippen LogP contribution is -2.50. The molecule has 5 nitrogen and oxygen atoms in total. The van der Waals surface area contributed by atoms with Crippen LogP contribution in [0.1, 0.15) is 16.5 Å². The van der Waals surface area contributed by atoms with Crippen molar-refractivity contribution in [3.63, 3.8) is 0 Å². The van der Waals surface area contributed by atoms with E-state index in [9.17, 15) is 27.9 Å². The Morgan fingerprint density at radius 3 is 2.76 bits per heavy atom. The Morgan fingerprint density at radius 2 is 2.19 bits per heavy atom. The third kappa shape index (κ3) is 3.29. The molecule has 2 amide bonds. The molecule has 1 aliphatic heterocycles. The topological polar surface area (TPSA) is 60.9 Å². The van der Waals surface area contributed by atoms with Crippen LogP contribution >= 0.6 is 11.3 Å². The predicted octanol–water partition coefficient (Wildman–Crippen LogP) is 2.35. The Balaban J connectivity index is 2.23. The number of urea groups is 1. The van der Waals surface area contributed by atoms with Gasteiger partial charge in [-0.3, -0.25) is 0 Å². The number of carbonyl (C=O) groups excluding carboxylic acids is 1. The number of carboxylic acids is 1. The molecule has 0 saturated carbocycles. The zero-order valence-electron chi connectivity index (χ0n) is 11.1. The molecule has 0 aromatic carbocycles. The van der Waals surface area contributed by atoms with Gasteiger partial charge in [-0.2, -0.15) is 13.2 Å². The lowest BCUT2D eigenvalue weighted by molar-refractivity contribution is -0.144. The van der Waals surface area contributed by atoms with E-state index in [4.69, 9.17) is 0 Å². The normalized spacial score (nSPS) is 18.3. The molecule has 1 N–H and O–H groups in total. The molecular weight excluding hydrogens is 309 g/mol. The van der Waals surface area contributed by atoms with Gasteiger partial charge >= 0.3 is 18.2 Å². The van der Waals surface area contributed by atoms with E-state index in [1.165, 1.54) is 11.3 Å². The summed E-state index contributed by atoms with van der Waals surface area (Å²) in [7, 11) is 1.01. The molecule has 21 heavy (non-hydrogen) atoms. The third-order valence-electron chi connectivity index (χ3n) is 3.19. The summed E-state index contributed by atoms with van der Waals surface area (Å²) in [6.45, 7) is -1.32. The molecule has 1 aromatic rings. The number of nitrogens with zero attached hydrogens (tertiary/aromatic N) is 2. The monoisotopic (exact) mass is 322 g/mol. The number of aliphatic carboxylic acids is 1. The van der Waals surface area contributed by atoms with Crippen LogP contribution in [0.3, 0.4) is 0 Å². The second kappa shape index (κ2) is 5.55. The minimum Gasteiger partial charge on any atom is -0.479 e. The number of carbonyl (C=O) groups is 2. The van der Waals surface area contributed by atoms with Crippen LogP contribution in [-0.2, 0) is 11.2 Å². The lowest BCUT2D eigenvalue weighted by Gasteiger charge is -2.36. The number of thiophene rings is 1. The van der Waals surface area contributed by atoms with Gasteiger partial charge in [-0.25, -0.2) is 9.59 Å². The standard InChI is InChI=1S/C12H13F3N2O3S/c1-16(6-12(13,14)15)11(20)17-4-2-8-7(3-5-21-8)9(17)10(18)19/h3,5,9H,2,4,6H2,1H3,(H,18,19). The zero-order valence-corrected chi connectivity index (χ0v) is 11.9. The Hall–Kier alpha value is -1.77.